The van der Waals surface area contributed by atoms with E-state index in [1.807, 2.05) is 11.8 Å². The van der Waals surface area contributed by atoms with Crippen molar-refractivity contribution in [2.75, 3.05) is 26.2 Å². The van der Waals surface area contributed by atoms with Crippen LogP contribution in [0.2, 0.25) is 0 Å². The Morgan fingerprint density at radius 1 is 1.32 bits per heavy atom. The summed E-state index contributed by atoms with van der Waals surface area (Å²) in [7, 11) is 0. The minimum Gasteiger partial charge on any atom is -0.393 e. The molecule has 0 aromatic heterocycles. The van der Waals surface area contributed by atoms with Crippen LogP contribution in [0.1, 0.15) is 37.8 Å². The molecule has 5 nitrogen and oxygen atoms in total. The number of rotatable bonds is 5. The number of nitrogens with one attached hydrogen (secondary N) is 1. The molecule has 2 heterocycles. The quantitative estimate of drug-likeness (QED) is 0.860. The van der Waals surface area contributed by atoms with Crippen LogP contribution >= 0.6 is 0 Å². The van der Waals surface area contributed by atoms with E-state index in [4.69, 9.17) is 0 Å². The first kappa shape index (κ1) is 18.2. The van der Waals surface area contributed by atoms with Gasteiger partial charge >= 0.3 is 6.03 Å². The lowest BCUT2D eigenvalue weighted by atomic mass is 9.98. The Morgan fingerprint density at radius 2 is 2.08 bits per heavy atom. The Balaban J connectivity index is 1.51. The average Bonchev–Trinajstić information content (AvgIpc) is 3.12. The second-order valence-electron chi connectivity index (χ2n) is 7.47. The molecule has 2 N–H and O–H groups in total. The smallest absolute Gasteiger partial charge is 0.317 e. The fourth-order valence-corrected chi connectivity index (χ4v) is 4.04. The Hall–Kier alpha value is -1.59. The minimum atomic E-state index is -0.338. The van der Waals surface area contributed by atoms with Crippen LogP contribution in [-0.2, 0) is 13.0 Å². The standard InChI is InChI=1S/C20H31N3O2/c1-3-19(22-10-8-16-6-4-5-7-18(16)14-22)12-21-20(25)23-11-9-17(13-23)15(2)24/h4-7,15,17,19,24H,3,8-14H2,1-2H3,(H,21,25)/t15-,17+,19-/m1/s1. The summed E-state index contributed by atoms with van der Waals surface area (Å²) in [6, 6.07) is 9.04. The summed E-state index contributed by atoms with van der Waals surface area (Å²) in [4.78, 5) is 16.8. The highest BCUT2D eigenvalue weighted by molar-refractivity contribution is 5.74. The predicted octanol–water partition coefficient (Wildman–Crippen LogP) is 2.24. The number of carbonyl (C=O) groups excluding carboxylic acids is 1. The zero-order valence-corrected chi connectivity index (χ0v) is 15.4. The summed E-state index contributed by atoms with van der Waals surface area (Å²) in [5.74, 6) is 0.214. The molecule has 1 fully saturated rings. The normalized spacial score (nSPS) is 23.2. The molecule has 5 heteroatoms. The number of amides is 2. The maximum Gasteiger partial charge on any atom is 0.317 e. The summed E-state index contributed by atoms with van der Waals surface area (Å²) in [5, 5.41) is 12.8. The monoisotopic (exact) mass is 345 g/mol. The molecule has 3 atom stereocenters. The molecule has 0 bridgehead atoms. The number of hydrogen-bond donors (Lipinski definition) is 2. The van der Waals surface area contributed by atoms with Crippen molar-refractivity contribution in [2.24, 2.45) is 5.92 Å². The number of urea groups is 1. The Bertz CT molecular complexity index is 590. The first-order valence-electron chi connectivity index (χ1n) is 9.60. The van der Waals surface area contributed by atoms with Gasteiger partial charge in [-0.05, 0) is 37.3 Å². The maximum absolute atomic E-state index is 12.4. The van der Waals surface area contributed by atoms with Crippen molar-refractivity contribution in [3.63, 3.8) is 0 Å². The van der Waals surface area contributed by atoms with Crippen LogP contribution in [0.25, 0.3) is 0 Å². The molecule has 1 saturated heterocycles. The molecule has 1 aromatic rings. The molecule has 138 valence electrons. The minimum absolute atomic E-state index is 0.0130. The third kappa shape index (κ3) is 4.33. The SMILES string of the molecule is CC[C@H](CNC(=O)N1CC[C@H]([C@@H](C)O)C1)N1CCc2ccccc2C1. The van der Waals surface area contributed by atoms with Gasteiger partial charge in [-0.15, -0.1) is 0 Å². The molecule has 0 unspecified atom stereocenters. The summed E-state index contributed by atoms with van der Waals surface area (Å²) >= 11 is 0. The number of nitrogens with zero attached hydrogens (tertiary/aromatic N) is 2. The Labute approximate surface area is 151 Å². The maximum atomic E-state index is 12.4. The van der Waals surface area contributed by atoms with Gasteiger partial charge in [0.1, 0.15) is 0 Å². The van der Waals surface area contributed by atoms with Crippen molar-refractivity contribution in [1.82, 2.24) is 15.1 Å². The van der Waals surface area contributed by atoms with Crippen LogP contribution < -0.4 is 5.32 Å². The number of aliphatic hydroxyl groups excluding tert-OH is 1. The van der Waals surface area contributed by atoms with E-state index in [0.717, 1.165) is 38.9 Å². The van der Waals surface area contributed by atoms with Gasteiger partial charge in [0.2, 0.25) is 0 Å². The second kappa shape index (κ2) is 8.19. The van der Waals surface area contributed by atoms with Gasteiger partial charge < -0.3 is 15.3 Å². The van der Waals surface area contributed by atoms with Crippen LogP contribution in [0.4, 0.5) is 4.79 Å². The Kier molecular flexibility index (Phi) is 5.97. The fourth-order valence-electron chi connectivity index (χ4n) is 4.04. The third-order valence-electron chi connectivity index (χ3n) is 5.83. The van der Waals surface area contributed by atoms with E-state index in [1.165, 1.54) is 11.1 Å². The first-order chi connectivity index (χ1) is 12.1. The topological polar surface area (TPSA) is 55.8 Å². The van der Waals surface area contributed by atoms with Crippen LogP contribution in [-0.4, -0.2) is 59.3 Å². The zero-order chi connectivity index (χ0) is 17.8. The largest absolute Gasteiger partial charge is 0.393 e. The van der Waals surface area contributed by atoms with Crippen molar-refractivity contribution >= 4 is 6.03 Å². The highest BCUT2D eigenvalue weighted by Crippen LogP contribution is 2.22. The molecule has 1 aromatic carbocycles. The summed E-state index contributed by atoms with van der Waals surface area (Å²) in [5.41, 5.74) is 2.87. The van der Waals surface area contributed by atoms with Crippen molar-refractivity contribution in [3.8, 4) is 0 Å². The van der Waals surface area contributed by atoms with E-state index in [2.05, 4.69) is 41.4 Å². The summed E-state index contributed by atoms with van der Waals surface area (Å²) < 4.78 is 0. The molecule has 2 aliphatic heterocycles. The lowest BCUT2D eigenvalue weighted by Crippen LogP contribution is -2.48. The van der Waals surface area contributed by atoms with Crippen LogP contribution in [0.5, 0.6) is 0 Å². The van der Waals surface area contributed by atoms with Crippen molar-refractivity contribution in [2.45, 2.75) is 51.8 Å². The molecule has 3 rings (SSSR count). The summed E-state index contributed by atoms with van der Waals surface area (Å²) in [6.45, 7) is 8.13. The third-order valence-corrected chi connectivity index (χ3v) is 5.83. The van der Waals surface area contributed by atoms with Gasteiger partial charge in [-0.1, -0.05) is 31.2 Å². The van der Waals surface area contributed by atoms with E-state index < -0.39 is 0 Å². The highest BCUT2D eigenvalue weighted by Gasteiger charge is 2.29. The molecule has 25 heavy (non-hydrogen) atoms. The van der Waals surface area contributed by atoms with E-state index in [0.29, 0.717) is 19.1 Å². The molecule has 0 aliphatic carbocycles. The second-order valence-corrected chi connectivity index (χ2v) is 7.47. The van der Waals surface area contributed by atoms with Crippen LogP contribution in [0.3, 0.4) is 0 Å². The molecular weight excluding hydrogens is 314 g/mol. The number of hydrogen-bond acceptors (Lipinski definition) is 3. The molecule has 0 saturated carbocycles. The van der Waals surface area contributed by atoms with E-state index >= 15 is 0 Å². The van der Waals surface area contributed by atoms with E-state index in [-0.39, 0.29) is 18.1 Å². The van der Waals surface area contributed by atoms with Crippen molar-refractivity contribution in [3.05, 3.63) is 35.4 Å². The predicted molar refractivity (Wildman–Crippen MR) is 99.4 cm³/mol. The summed E-state index contributed by atoms with van der Waals surface area (Å²) in [6.07, 6.45) is 2.67. The average molecular weight is 345 g/mol. The van der Waals surface area contributed by atoms with Gasteiger partial charge in [0.25, 0.3) is 0 Å². The Morgan fingerprint density at radius 3 is 2.76 bits per heavy atom. The molecule has 0 spiro atoms. The molecule has 2 aliphatic rings. The van der Waals surface area contributed by atoms with Gasteiger partial charge in [-0.3, -0.25) is 4.90 Å². The van der Waals surface area contributed by atoms with Gasteiger partial charge in [0, 0.05) is 44.7 Å². The van der Waals surface area contributed by atoms with Crippen molar-refractivity contribution < 1.29 is 9.90 Å². The van der Waals surface area contributed by atoms with E-state index in [1.54, 1.807) is 0 Å². The van der Waals surface area contributed by atoms with Crippen LogP contribution in [0, 0.1) is 5.92 Å². The highest BCUT2D eigenvalue weighted by atomic mass is 16.3. The number of carbonyl (C=O) groups is 1. The molecular formula is C20H31N3O2. The number of benzene rings is 1. The van der Waals surface area contributed by atoms with Gasteiger partial charge in [0.05, 0.1) is 6.10 Å². The van der Waals surface area contributed by atoms with Gasteiger partial charge in [0.15, 0.2) is 0 Å². The van der Waals surface area contributed by atoms with Crippen LogP contribution in [0.15, 0.2) is 24.3 Å². The molecule has 2 amide bonds. The lowest BCUT2D eigenvalue weighted by Gasteiger charge is -2.35. The fraction of sp³-hybridized carbons (Fsp3) is 0.650. The van der Waals surface area contributed by atoms with E-state index in [9.17, 15) is 9.90 Å². The van der Waals surface area contributed by atoms with Gasteiger partial charge in [-0.2, -0.15) is 0 Å². The van der Waals surface area contributed by atoms with Crippen molar-refractivity contribution in [1.29, 1.82) is 0 Å². The number of aliphatic hydroxyl groups is 1. The number of likely N-dealkylation sites (tertiary alicyclic amines) is 1. The lowest BCUT2D eigenvalue weighted by molar-refractivity contribution is 0.128. The zero-order valence-electron chi connectivity index (χ0n) is 15.4. The number of fused-ring (bicyclic) bond motifs is 1. The molecule has 0 radical (unpaired) electrons. The first-order valence-corrected chi connectivity index (χ1v) is 9.60. The van der Waals surface area contributed by atoms with Gasteiger partial charge in [-0.25, -0.2) is 4.79 Å².